The normalized spacial score (nSPS) is 18.8. The molecule has 1 aromatic rings. The molecule has 0 bridgehead atoms. The molecular formula is C14H20N2O2S. The average molecular weight is 280 g/mol. The Hall–Kier alpha value is -1.23. The number of anilines is 1. The summed E-state index contributed by atoms with van der Waals surface area (Å²) in [5, 5.41) is 0. The number of pyridine rings is 1. The largest absolute Gasteiger partial charge is 0.465 e. The van der Waals surface area contributed by atoms with Gasteiger partial charge in [0.25, 0.3) is 0 Å². The molecule has 1 aromatic heterocycles. The van der Waals surface area contributed by atoms with Crippen LogP contribution in [0.15, 0.2) is 18.3 Å². The molecule has 0 spiro atoms. The summed E-state index contributed by atoms with van der Waals surface area (Å²) in [5.41, 5.74) is 0.559. The van der Waals surface area contributed by atoms with Gasteiger partial charge in [-0.2, -0.15) is 11.8 Å². The summed E-state index contributed by atoms with van der Waals surface area (Å²) in [6.07, 6.45) is 2.78. The van der Waals surface area contributed by atoms with Gasteiger partial charge in [-0.15, -0.1) is 0 Å². The van der Waals surface area contributed by atoms with Crippen LogP contribution >= 0.6 is 11.8 Å². The van der Waals surface area contributed by atoms with Crippen LogP contribution in [0.3, 0.4) is 0 Å². The van der Waals surface area contributed by atoms with Crippen molar-refractivity contribution in [2.45, 2.75) is 25.0 Å². The summed E-state index contributed by atoms with van der Waals surface area (Å²) in [4.78, 5) is 18.2. The molecule has 5 heteroatoms. The number of rotatable bonds is 2. The molecule has 0 amide bonds. The third-order valence-corrected chi connectivity index (χ3v) is 4.70. The molecule has 0 saturated carbocycles. The molecule has 1 fully saturated rings. The van der Waals surface area contributed by atoms with Crippen LogP contribution in [0.2, 0.25) is 0 Å². The first kappa shape index (κ1) is 14.2. The van der Waals surface area contributed by atoms with E-state index < -0.39 is 0 Å². The van der Waals surface area contributed by atoms with Crippen molar-refractivity contribution in [1.29, 1.82) is 0 Å². The van der Waals surface area contributed by atoms with Gasteiger partial charge in [-0.3, -0.25) is 0 Å². The second-order valence-corrected chi connectivity index (χ2v) is 7.04. The molecule has 0 aromatic carbocycles. The van der Waals surface area contributed by atoms with Crippen LogP contribution in [0.5, 0.6) is 0 Å². The number of carbonyl (C=O) groups is 1. The standard InChI is InChI=1S/C14H20N2O2S/c1-14(2)5-7-16(8-9-19-14)12-10-11(4-6-15-12)13(17)18-3/h4,6,10H,5,7-9H2,1-3H3. The molecule has 1 saturated heterocycles. The van der Waals surface area contributed by atoms with Crippen molar-refractivity contribution < 1.29 is 9.53 Å². The van der Waals surface area contributed by atoms with Crippen molar-refractivity contribution in [3.8, 4) is 0 Å². The number of carbonyl (C=O) groups excluding carboxylic acids is 1. The predicted molar refractivity (Wildman–Crippen MR) is 78.9 cm³/mol. The van der Waals surface area contributed by atoms with Crippen molar-refractivity contribution in [3.05, 3.63) is 23.9 Å². The molecule has 0 unspecified atom stereocenters. The van der Waals surface area contributed by atoms with Gasteiger partial charge < -0.3 is 9.64 Å². The van der Waals surface area contributed by atoms with E-state index >= 15 is 0 Å². The van der Waals surface area contributed by atoms with Crippen LogP contribution in [0.4, 0.5) is 5.82 Å². The summed E-state index contributed by atoms with van der Waals surface area (Å²) in [7, 11) is 1.40. The summed E-state index contributed by atoms with van der Waals surface area (Å²) >= 11 is 1.99. The van der Waals surface area contributed by atoms with E-state index in [2.05, 4.69) is 23.7 Å². The van der Waals surface area contributed by atoms with E-state index in [9.17, 15) is 4.79 Å². The fraction of sp³-hybridized carbons (Fsp3) is 0.571. The second kappa shape index (κ2) is 5.82. The minimum absolute atomic E-state index is 0.312. The molecule has 0 N–H and O–H groups in total. The maximum atomic E-state index is 11.5. The lowest BCUT2D eigenvalue weighted by atomic mass is 10.1. The SMILES string of the molecule is COC(=O)c1ccnc(N2CCSC(C)(C)CC2)c1. The van der Waals surface area contributed by atoms with Gasteiger partial charge in [0.05, 0.1) is 12.7 Å². The van der Waals surface area contributed by atoms with Gasteiger partial charge in [-0.25, -0.2) is 9.78 Å². The Morgan fingerprint density at radius 3 is 3.00 bits per heavy atom. The predicted octanol–water partition coefficient (Wildman–Crippen LogP) is 2.59. The van der Waals surface area contributed by atoms with E-state index in [1.807, 2.05) is 17.8 Å². The number of nitrogens with zero attached hydrogens (tertiary/aromatic N) is 2. The van der Waals surface area contributed by atoms with Gasteiger partial charge in [0.2, 0.25) is 0 Å². The number of methoxy groups -OCH3 is 1. The number of ether oxygens (including phenoxy) is 1. The van der Waals surface area contributed by atoms with Gasteiger partial charge in [0.15, 0.2) is 0 Å². The number of hydrogen-bond donors (Lipinski definition) is 0. The first-order chi connectivity index (χ1) is 9.02. The number of aromatic nitrogens is 1. The van der Waals surface area contributed by atoms with Crippen LogP contribution in [-0.2, 0) is 4.74 Å². The van der Waals surface area contributed by atoms with Crippen molar-refractivity contribution in [3.63, 3.8) is 0 Å². The molecular weight excluding hydrogens is 260 g/mol. The highest BCUT2D eigenvalue weighted by Gasteiger charge is 2.24. The lowest BCUT2D eigenvalue weighted by molar-refractivity contribution is 0.0600. The van der Waals surface area contributed by atoms with E-state index in [1.54, 1.807) is 12.3 Å². The smallest absolute Gasteiger partial charge is 0.338 e. The van der Waals surface area contributed by atoms with Crippen LogP contribution in [0, 0.1) is 0 Å². The molecule has 1 aliphatic rings. The molecule has 0 aliphatic carbocycles. The van der Waals surface area contributed by atoms with Crippen molar-refractivity contribution in [2.75, 3.05) is 30.9 Å². The highest BCUT2D eigenvalue weighted by molar-refractivity contribution is 8.00. The first-order valence-electron chi connectivity index (χ1n) is 6.45. The molecule has 0 radical (unpaired) electrons. The Balaban J connectivity index is 2.15. The zero-order valence-corrected chi connectivity index (χ0v) is 12.5. The monoisotopic (exact) mass is 280 g/mol. The van der Waals surface area contributed by atoms with E-state index in [0.29, 0.717) is 10.3 Å². The summed E-state index contributed by atoms with van der Waals surface area (Å²) in [6, 6.07) is 3.50. The van der Waals surface area contributed by atoms with E-state index in [0.717, 1.165) is 31.1 Å². The quantitative estimate of drug-likeness (QED) is 0.779. The lowest BCUT2D eigenvalue weighted by Gasteiger charge is -2.23. The molecule has 1 aliphatic heterocycles. The van der Waals surface area contributed by atoms with E-state index in [-0.39, 0.29) is 5.97 Å². The number of esters is 1. The number of thioether (sulfide) groups is 1. The topological polar surface area (TPSA) is 42.4 Å². The minimum Gasteiger partial charge on any atom is -0.465 e. The van der Waals surface area contributed by atoms with Gasteiger partial charge >= 0.3 is 5.97 Å². The molecule has 4 nitrogen and oxygen atoms in total. The number of hydrogen-bond acceptors (Lipinski definition) is 5. The highest BCUT2D eigenvalue weighted by Crippen LogP contribution is 2.31. The van der Waals surface area contributed by atoms with Crippen LogP contribution in [0.25, 0.3) is 0 Å². The van der Waals surface area contributed by atoms with Crippen molar-refractivity contribution in [2.24, 2.45) is 0 Å². The second-order valence-electron chi connectivity index (χ2n) is 5.24. The fourth-order valence-corrected chi connectivity index (χ4v) is 3.19. The Kier molecular flexibility index (Phi) is 4.34. The summed E-state index contributed by atoms with van der Waals surface area (Å²) < 4.78 is 5.06. The minimum atomic E-state index is -0.312. The molecule has 104 valence electrons. The molecule has 19 heavy (non-hydrogen) atoms. The van der Waals surface area contributed by atoms with Gasteiger partial charge in [-0.1, -0.05) is 13.8 Å². The van der Waals surface area contributed by atoms with Gasteiger partial charge in [0.1, 0.15) is 5.82 Å². The van der Waals surface area contributed by atoms with Gasteiger partial charge in [0, 0.05) is 29.8 Å². The third kappa shape index (κ3) is 3.62. The van der Waals surface area contributed by atoms with Crippen LogP contribution in [0.1, 0.15) is 30.6 Å². The summed E-state index contributed by atoms with van der Waals surface area (Å²) in [6.45, 7) is 6.49. The maximum absolute atomic E-state index is 11.5. The molecule has 2 rings (SSSR count). The molecule has 0 atom stereocenters. The zero-order chi connectivity index (χ0) is 13.9. The Morgan fingerprint density at radius 2 is 2.26 bits per heavy atom. The van der Waals surface area contributed by atoms with Crippen LogP contribution in [-0.4, -0.2) is 41.7 Å². The van der Waals surface area contributed by atoms with E-state index in [4.69, 9.17) is 4.74 Å². The van der Waals surface area contributed by atoms with Crippen molar-refractivity contribution in [1.82, 2.24) is 4.98 Å². The van der Waals surface area contributed by atoms with Crippen molar-refractivity contribution >= 4 is 23.5 Å². The highest BCUT2D eigenvalue weighted by atomic mass is 32.2. The van der Waals surface area contributed by atoms with Gasteiger partial charge in [-0.05, 0) is 18.6 Å². The average Bonchev–Trinajstić information content (AvgIpc) is 2.59. The van der Waals surface area contributed by atoms with Crippen LogP contribution < -0.4 is 4.90 Å². The Bertz CT molecular complexity index is 463. The summed E-state index contributed by atoms with van der Waals surface area (Å²) in [5.74, 6) is 1.63. The fourth-order valence-electron chi connectivity index (χ4n) is 2.09. The lowest BCUT2D eigenvalue weighted by Crippen LogP contribution is -2.27. The molecule has 2 heterocycles. The third-order valence-electron chi connectivity index (χ3n) is 3.33. The Morgan fingerprint density at radius 1 is 1.47 bits per heavy atom. The van der Waals surface area contributed by atoms with E-state index in [1.165, 1.54) is 7.11 Å². The Labute approximate surface area is 118 Å². The maximum Gasteiger partial charge on any atom is 0.338 e. The zero-order valence-electron chi connectivity index (χ0n) is 11.7. The first-order valence-corrected chi connectivity index (χ1v) is 7.44.